The maximum Gasteiger partial charge on any atom is 0.0377 e. The van der Waals surface area contributed by atoms with Crippen LogP contribution in [-0.4, -0.2) is 6.21 Å². The van der Waals surface area contributed by atoms with Gasteiger partial charge in [-0.2, -0.15) is 13.5 Å². The summed E-state index contributed by atoms with van der Waals surface area (Å²) in [5.74, 6) is 0. The normalized spacial score (nSPS) is 13.0. The second-order valence-electron chi connectivity index (χ2n) is 2.24. The molecule has 0 aliphatic carbocycles. The van der Waals surface area contributed by atoms with Gasteiger partial charge in [-0.15, -0.1) is 0 Å². The van der Waals surface area contributed by atoms with Gasteiger partial charge in [0.2, 0.25) is 0 Å². The van der Waals surface area contributed by atoms with E-state index in [9.17, 15) is 0 Å². The van der Waals surface area contributed by atoms with Gasteiger partial charge in [0.25, 0.3) is 0 Å². The number of rotatable bonds is 0. The first kappa shape index (κ1) is 9.42. The molecule has 0 spiro atoms. The lowest BCUT2D eigenvalue weighted by Crippen LogP contribution is -1.73. The Balaban J connectivity index is 0.000000720. The fourth-order valence-electron chi connectivity index (χ4n) is 0.970. The lowest BCUT2D eigenvalue weighted by molar-refractivity contribution is 1.43. The van der Waals surface area contributed by atoms with Crippen LogP contribution >= 0.6 is 25.4 Å². The van der Waals surface area contributed by atoms with E-state index < -0.39 is 0 Å². The lowest BCUT2D eigenvalue weighted by atomic mass is 10.2. The minimum atomic E-state index is 0. The van der Waals surface area contributed by atoms with Crippen molar-refractivity contribution in [3.05, 3.63) is 35.9 Å². The Morgan fingerprint density at radius 3 is 2.92 bits per heavy atom. The van der Waals surface area contributed by atoms with E-state index in [1.54, 1.807) is 0 Å². The third-order valence-electron chi connectivity index (χ3n) is 1.49. The first-order valence-corrected chi connectivity index (χ1v) is 4.20. The summed E-state index contributed by atoms with van der Waals surface area (Å²) in [5, 5.41) is 0. The van der Waals surface area contributed by atoms with Crippen molar-refractivity contribution in [1.29, 1.82) is 0 Å². The maximum absolute atomic E-state index is 4.12. The highest BCUT2D eigenvalue weighted by atomic mass is 32.2. The van der Waals surface area contributed by atoms with E-state index in [4.69, 9.17) is 0 Å². The van der Waals surface area contributed by atoms with Gasteiger partial charge in [-0.1, -0.05) is 24.3 Å². The van der Waals surface area contributed by atoms with Crippen LogP contribution in [0.3, 0.4) is 0 Å². The van der Waals surface area contributed by atoms with Crippen LogP contribution < -0.4 is 0 Å². The van der Waals surface area contributed by atoms with Crippen molar-refractivity contribution in [3.63, 3.8) is 0 Å². The highest BCUT2D eigenvalue weighted by molar-refractivity contribution is 7.98. The maximum atomic E-state index is 4.12. The molecule has 0 amide bonds. The minimum Gasteiger partial charge on any atom is -0.219 e. The van der Waals surface area contributed by atoms with Gasteiger partial charge < -0.3 is 0 Å². The summed E-state index contributed by atoms with van der Waals surface area (Å²) in [4.78, 5) is 1.22. The van der Waals surface area contributed by atoms with Crippen LogP contribution in [0.2, 0.25) is 0 Å². The molecular formula is C9H9NS2. The van der Waals surface area contributed by atoms with Gasteiger partial charge in [-0.05, 0) is 17.7 Å². The van der Waals surface area contributed by atoms with E-state index in [-0.39, 0.29) is 13.5 Å². The minimum absolute atomic E-state index is 0. The van der Waals surface area contributed by atoms with Gasteiger partial charge >= 0.3 is 0 Å². The first-order valence-electron chi connectivity index (χ1n) is 3.43. The van der Waals surface area contributed by atoms with Crippen LogP contribution in [0, 0.1) is 0 Å². The average Bonchev–Trinajstić information content (AvgIpc) is 2.28. The van der Waals surface area contributed by atoms with Gasteiger partial charge in [0, 0.05) is 23.1 Å². The van der Waals surface area contributed by atoms with Crippen molar-refractivity contribution in [2.24, 2.45) is 4.40 Å². The van der Waals surface area contributed by atoms with Crippen LogP contribution in [0.15, 0.2) is 39.6 Å². The molecule has 0 unspecified atom stereocenters. The number of fused-ring (bicyclic) bond motifs is 1. The molecule has 0 aromatic heterocycles. The van der Waals surface area contributed by atoms with Crippen molar-refractivity contribution in [2.75, 3.05) is 0 Å². The summed E-state index contributed by atoms with van der Waals surface area (Å²) < 4.78 is 4.12. The number of hydrogen-bond acceptors (Lipinski definition) is 2. The van der Waals surface area contributed by atoms with Crippen LogP contribution in [0.25, 0.3) is 6.08 Å². The van der Waals surface area contributed by atoms with Crippen LogP contribution in [0.5, 0.6) is 0 Å². The monoisotopic (exact) mass is 195 g/mol. The van der Waals surface area contributed by atoms with Crippen molar-refractivity contribution in [1.82, 2.24) is 0 Å². The Morgan fingerprint density at radius 2 is 2.00 bits per heavy atom. The standard InChI is InChI=1S/C9H7NS.H2S/c1-2-6-9-8(4-1)5-3-7-10-11-9;/h1-7H;1H2. The summed E-state index contributed by atoms with van der Waals surface area (Å²) in [6.07, 6.45) is 5.84. The SMILES string of the molecule is C1=Cc2ccccc2SN=C1.S. The predicted octanol–water partition coefficient (Wildman–Crippen LogP) is 2.90. The third-order valence-corrected chi connectivity index (χ3v) is 2.29. The molecule has 0 bridgehead atoms. The number of allylic oxidation sites excluding steroid dienone is 1. The molecule has 0 radical (unpaired) electrons. The second kappa shape index (κ2) is 4.38. The number of benzene rings is 1. The fourth-order valence-corrected chi connectivity index (χ4v) is 1.60. The molecule has 0 saturated heterocycles. The topological polar surface area (TPSA) is 12.4 Å². The zero-order valence-electron chi connectivity index (χ0n) is 6.40. The molecule has 0 atom stereocenters. The molecule has 1 aromatic carbocycles. The van der Waals surface area contributed by atoms with Crippen molar-refractivity contribution in [2.45, 2.75) is 4.90 Å². The smallest absolute Gasteiger partial charge is 0.0377 e. The first-order chi connectivity index (χ1) is 5.47. The molecule has 1 aliphatic heterocycles. The Bertz CT molecular complexity index is 318. The van der Waals surface area contributed by atoms with E-state index in [1.165, 1.54) is 22.4 Å². The van der Waals surface area contributed by atoms with Crippen molar-refractivity contribution >= 4 is 37.7 Å². The van der Waals surface area contributed by atoms with Gasteiger partial charge in [0.15, 0.2) is 0 Å². The van der Waals surface area contributed by atoms with Gasteiger partial charge in [-0.25, -0.2) is 4.40 Å². The summed E-state index contributed by atoms with van der Waals surface area (Å²) in [7, 11) is 0. The fraction of sp³-hybridized carbons (Fsp3) is 0. The number of nitrogens with zero attached hydrogens (tertiary/aromatic N) is 1. The molecule has 0 fully saturated rings. The molecule has 1 nitrogen and oxygen atoms in total. The predicted molar refractivity (Wildman–Crippen MR) is 60.2 cm³/mol. The highest BCUT2D eigenvalue weighted by Gasteiger charge is 1.98. The van der Waals surface area contributed by atoms with Crippen LogP contribution in [0.1, 0.15) is 5.56 Å². The largest absolute Gasteiger partial charge is 0.219 e. The Hall–Kier alpha value is -0.670. The average molecular weight is 195 g/mol. The number of hydrogen-bond donors (Lipinski definition) is 0. The Kier molecular flexibility index (Phi) is 3.44. The molecule has 3 heteroatoms. The van der Waals surface area contributed by atoms with E-state index in [0.29, 0.717) is 0 Å². The van der Waals surface area contributed by atoms with E-state index in [1.807, 2.05) is 24.4 Å². The summed E-state index contributed by atoms with van der Waals surface area (Å²) >= 11 is 1.52. The molecular weight excluding hydrogens is 186 g/mol. The quantitative estimate of drug-likeness (QED) is 0.580. The van der Waals surface area contributed by atoms with Crippen molar-refractivity contribution < 1.29 is 0 Å². The van der Waals surface area contributed by atoms with Gasteiger partial charge in [0.1, 0.15) is 0 Å². The molecule has 1 heterocycles. The van der Waals surface area contributed by atoms with Crippen LogP contribution in [-0.2, 0) is 0 Å². The second-order valence-corrected chi connectivity index (χ2v) is 3.08. The molecule has 0 saturated carbocycles. The molecule has 1 aromatic rings. The van der Waals surface area contributed by atoms with E-state index >= 15 is 0 Å². The third kappa shape index (κ3) is 1.93. The highest BCUT2D eigenvalue weighted by Crippen LogP contribution is 2.25. The zero-order chi connectivity index (χ0) is 7.52. The molecule has 62 valence electrons. The van der Waals surface area contributed by atoms with Gasteiger partial charge in [-0.3, -0.25) is 0 Å². The molecule has 1 aliphatic rings. The summed E-state index contributed by atoms with van der Waals surface area (Å²) in [6, 6.07) is 8.23. The summed E-state index contributed by atoms with van der Waals surface area (Å²) in [6.45, 7) is 0. The van der Waals surface area contributed by atoms with Crippen molar-refractivity contribution in [3.8, 4) is 0 Å². The molecule has 2 rings (SSSR count). The van der Waals surface area contributed by atoms with Gasteiger partial charge in [0.05, 0.1) is 0 Å². The molecule has 12 heavy (non-hydrogen) atoms. The van der Waals surface area contributed by atoms with E-state index in [2.05, 4.69) is 22.6 Å². The van der Waals surface area contributed by atoms with E-state index in [0.717, 1.165) is 0 Å². The lowest BCUT2D eigenvalue weighted by Gasteiger charge is -1.97. The van der Waals surface area contributed by atoms with Crippen LogP contribution in [0.4, 0.5) is 0 Å². The zero-order valence-corrected chi connectivity index (χ0v) is 8.21. The summed E-state index contributed by atoms with van der Waals surface area (Å²) in [5.41, 5.74) is 1.25. The molecule has 0 N–H and O–H groups in total. The Labute approximate surface area is 83.2 Å². The Morgan fingerprint density at radius 1 is 1.17 bits per heavy atom.